The average molecular weight is 315 g/mol. The van der Waals surface area contributed by atoms with E-state index in [9.17, 15) is 4.79 Å². The number of thioether (sulfide) groups is 1. The SMILES string of the molecule is C=C(C(=O)C1(Sc2ccccc2)CC1)c1ccc(Cl)cc1. The Hall–Kier alpha value is -1.51. The molecule has 0 N–H and O–H groups in total. The van der Waals surface area contributed by atoms with Crippen LogP contribution in [0.3, 0.4) is 0 Å². The van der Waals surface area contributed by atoms with Crippen molar-refractivity contribution in [3.63, 3.8) is 0 Å². The van der Waals surface area contributed by atoms with Gasteiger partial charge in [0.2, 0.25) is 0 Å². The van der Waals surface area contributed by atoms with Crippen molar-refractivity contribution in [2.45, 2.75) is 22.5 Å². The lowest BCUT2D eigenvalue weighted by molar-refractivity contribution is -0.113. The highest BCUT2D eigenvalue weighted by atomic mass is 35.5. The second-order valence-corrected chi connectivity index (χ2v) is 7.12. The van der Waals surface area contributed by atoms with Gasteiger partial charge in [-0.1, -0.05) is 48.5 Å². The van der Waals surface area contributed by atoms with Crippen molar-refractivity contribution in [2.24, 2.45) is 0 Å². The van der Waals surface area contributed by atoms with E-state index in [4.69, 9.17) is 11.6 Å². The molecular weight excluding hydrogens is 300 g/mol. The molecule has 1 nitrogen and oxygen atoms in total. The Morgan fingerprint density at radius 1 is 1.05 bits per heavy atom. The number of hydrogen-bond donors (Lipinski definition) is 0. The summed E-state index contributed by atoms with van der Waals surface area (Å²) in [7, 11) is 0. The summed E-state index contributed by atoms with van der Waals surface area (Å²) in [5.41, 5.74) is 1.43. The molecule has 0 aliphatic heterocycles. The Labute approximate surface area is 134 Å². The molecule has 1 aliphatic carbocycles. The first kappa shape index (κ1) is 14.4. The van der Waals surface area contributed by atoms with Crippen molar-refractivity contribution in [1.29, 1.82) is 0 Å². The van der Waals surface area contributed by atoms with Crippen LogP contribution < -0.4 is 0 Å². The average Bonchev–Trinajstić information content (AvgIpc) is 3.28. The minimum Gasteiger partial charge on any atom is -0.293 e. The van der Waals surface area contributed by atoms with Crippen LogP contribution in [0.2, 0.25) is 5.02 Å². The highest BCUT2D eigenvalue weighted by Gasteiger charge is 2.51. The summed E-state index contributed by atoms with van der Waals surface area (Å²) >= 11 is 7.54. The van der Waals surface area contributed by atoms with Gasteiger partial charge < -0.3 is 0 Å². The number of allylic oxidation sites excluding steroid dienone is 1. The number of carbonyl (C=O) groups excluding carboxylic acids is 1. The summed E-state index contributed by atoms with van der Waals surface area (Å²) < 4.78 is -0.321. The first-order valence-electron chi connectivity index (χ1n) is 6.84. The molecule has 0 bridgehead atoms. The largest absolute Gasteiger partial charge is 0.293 e. The van der Waals surface area contributed by atoms with Crippen molar-refractivity contribution in [3.05, 3.63) is 71.8 Å². The minimum atomic E-state index is -0.321. The number of carbonyl (C=O) groups is 1. The van der Waals surface area contributed by atoms with Crippen molar-refractivity contribution >= 4 is 34.7 Å². The molecule has 2 aromatic rings. The third-order valence-corrected chi connectivity index (χ3v) is 5.39. The van der Waals surface area contributed by atoms with E-state index in [1.807, 2.05) is 42.5 Å². The molecule has 1 saturated carbocycles. The molecule has 0 radical (unpaired) electrons. The fraction of sp³-hybridized carbons (Fsp3) is 0.167. The normalized spacial score (nSPS) is 15.5. The Kier molecular flexibility index (Phi) is 3.92. The summed E-state index contributed by atoms with van der Waals surface area (Å²) in [6, 6.07) is 17.4. The van der Waals surface area contributed by atoms with Crippen LogP contribution >= 0.6 is 23.4 Å². The number of hydrogen-bond acceptors (Lipinski definition) is 2. The molecule has 3 rings (SSSR count). The van der Waals surface area contributed by atoms with Gasteiger partial charge in [0.05, 0.1) is 4.75 Å². The maximum absolute atomic E-state index is 12.8. The van der Waals surface area contributed by atoms with Crippen LogP contribution in [0.25, 0.3) is 5.57 Å². The lowest BCUT2D eigenvalue weighted by Gasteiger charge is -2.15. The van der Waals surface area contributed by atoms with Gasteiger partial charge in [-0.25, -0.2) is 0 Å². The maximum atomic E-state index is 12.8. The molecule has 3 heteroatoms. The van der Waals surface area contributed by atoms with Crippen LogP contribution in [0.1, 0.15) is 18.4 Å². The number of rotatable bonds is 5. The number of halogens is 1. The molecule has 1 aliphatic rings. The van der Waals surface area contributed by atoms with Crippen LogP contribution in [-0.2, 0) is 4.79 Å². The zero-order chi connectivity index (χ0) is 14.9. The van der Waals surface area contributed by atoms with E-state index in [0.717, 1.165) is 23.3 Å². The number of ketones is 1. The summed E-state index contributed by atoms with van der Waals surface area (Å²) in [5.74, 6) is 0.138. The molecular formula is C18H15ClOS. The Morgan fingerprint density at radius 3 is 2.24 bits per heavy atom. The Balaban J connectivity index is 1.78. The predicted octanol–water partition coefficient (Wildman–Crippen LogP) is 5.25. The monoisotopic (exact) mass is 314 g/mol. The van der Waals surface area contributed by atoms with E-state index in [0.29, 0.717) is 10.6 Å². The van der Waals surface area contributed by atoms with Crippen LogP contribution in [0, 0.1) is 0 Å². The van der Waals surface area contributed by atoms with E-state index in [1.54, 1.807) is 23.9 Å². The fourth-order valence-corrected chi connectivity index (χ4v) is 3.65. The van der Waals surface area contributed by atoms with Gasteiger partial charge >= 0.3 is 0 Å². The van der Waals surface area contributed by atoms with E-state index in [1.165, 1.54) is 0 Å². The van der Waals surface area contributed by atoms with Gasteiger partial charge in [-0.05, 0) is 42.7 Å². The molecule has 0 unspecified atom stereocenters. The Bertz CT molecular complexity index is 672. The molecule has 2 aromatic carbocycles. The van der Waals surface area contributed by atoms with Gasteiger partial charge in [0.15, 0.2) is 5.78 Å². The second kappa shape index (κ2) is 5.70. The van der Waals surface area contributed by atoms with E-state index >= 15 is 0 Å². The van der Waals surface area contributed by atoms with E-state index in [-0.39, 0.29) is 10.5 Å². The van der Waals surface area contributed by atoms with Crippen LogP contribution in [0.4, 0.5) is 0 Å². The van der Waals surface area contributed by atoms with Gasteiger partial charge in [-0.2, -0.15) is 0 Å². The van der Waals surface area contributed by atoms with Gasteiger partial charge in [-0.15, -0.1) is 11.8 Å². The smallest absolute Gasteiger partial charge is 0.179 e. The maximum Gasteiger partial charge on any atom is 0.179 e. The van der Waals surface area contributed by atoms with Crippen LogP contribution in [0.5, 0.6) is 0 Å². The first-order valence-corrected chi connectivity index (χ1v) is 8.04. The molecule has 0 spiro atoms. The first-order chi connectivity index (χ1) is 10.1. The lowest BCUT2D eigenvalue weighted by Crippen LogP contribution is -2.19. The third-order valence-electron chi connectivity index (χ3n) is 3.64. The molecule has 0 amide bonds. The van der Waals surface area contributed by atoms with Gasteiger partial charge in [0, 0.05) is 15.5 Å². The minimum absolute atomic E-state index is 0.138. The molecule has 0 aromatic heterocycles. The zero-order valence-corrected chi connectivity index (χ0v) is 13.1. The highest BCUT2D eigenvalue weighted by molar-refractivity contribution is 8.01. The molecule has 106 valence electrons. The lowest BCUT2D eigenvalue weighted by atomic mass is 10.0. The summed E-state index contributed by atoms with van der Waals surface area (Å²) in [4.78, 5) is 13.9. The quantitative estimate of drug-likeness (QED) is 0.701. The van der Waals surface area contributed by atoms with Crippen molar-refractivity contribution in [2.75, 3.05) is 0 Å². The summed E-state index contributed by atoms with van der Waals surface area (Å²) in [6.07, 6.45) is 1.83. The number of Topliss-reactive ketones (excluding diaryl/α,β-unsaturated/α-hetero) is 1. The molecule has 21 heavy (non-hydrogen) atoms. The fourth-order valence-electron chi connectivity index (χ4n) is 2.26. The Morgan fingerprint density at radius 2 is 1.67 bits per heavy atom. The van der Waals surface area contributed by atoms with Gasteiger partial charge in [-0.3, -0.25) is 4.79 Å². The summed E-state index contributed by atoms with van der Waals surface area (Å²) in [5, 5.41) is 0.666. The molecule has 0 saturated heterocycles. The highest BCUT2D eigenvalue weighted by Crippen LogP contribution is 2.54. The standard InChI is InChI=1S/C18H15ClOS/c1-13(14-7-9-15(19)10-8-14)17(20)18(11-12-18)21-16-5-3-2-4-6-16/h2-10H,1,11-12H2. The van der Waals surface area contributed by atoms with Gasteiger partial charge in [0.25, 0.3) is 0 Å². The van der Waals surface area contributed by atoms with Crippen molar-refractivity contribution < 1.29 is 4.79 Å². The third kappa shape index (κ3) is 3.07. The van der Waals surface area contributed by atoms with E-state index in [2.05, 4.69) is 6.58 Å². The van der Waals surface area contributed by atoms with Crippen LogP contribution in [0.15, 0.2) is 66.1 Å². The van der Waals surface area contributed by atoms with Crippen molar-refractivity contribution in [1.82, 2.24) is 0 Å². The molecule has 1 fully saturated rings. The number of benzene rings is 2. The van der Waals surface area contributed by atoms with Crippen molar-refractivity contribution in [3.8, 4) is 0 Å². The topological polar surface area (TPSA) is 17.1 Å². The molecule has 0 atom stereocenters. The summed E-state index contributed by atoms with van der Waals surface area (Å²) in [6.45, 7) is 4.00. The zero-order valence-electron chi connectivity index (χ0n) is 11.5. The molecule has 0 heterocycles. The second-order valence-electron chi connectivity index (χ2n) is 5.22. The predicted molar refractivity (Wildman–Crippen MR) is 89.8 cm³/mol. The van der Waals surface area contributed by atoms with Gasteiger partial charge in [0.1, 0.15) is 0 Å². The van der Waals surface area contributed by atoms with Crippen LogP contribution in [-0.4, -0.2) is 10.5 Å². The van der Waals surface area contributed by atoms with E-state index < -0.39 is 0 Å².